The minimum atomic E-state index is -2.86. The highest BCUT2D eigenvalue weighted by Gasteiger charge is 2.29. The van der Waals surface area contributed by atoms with E-state index in [2.05, 4.69) is 29.2 Å². The third-order valence-electron chi connectivity index (χ3n) is 4.94. The van der Waals surface area contributed by atoms with Crippen molar-refractivity contribution in [3.05, 3.63) is 18.0 Å². The quantitative estimate of drug-likeness (QED) is 0.585. The minimum absolute atomic E-state index is 0.0367. The number of ether oxygens (including phenoxy) is 1. The Hall–Kier alpha value is -1.61. The van der Waals surface area contributed by atoms with E-state index in [0.717, 1.165) is 31.0 Å². The van der Waals surface area contributed by atoms with Gasteiger partial charge in [-0.3, -0.25) is 9.67 Å². The van der Waals surface area contributed by atoms with Gasteiger partial charge in [0.15, 0.2) is 15.8 Å². The molecule has 2 unspecified atom stereocenters. The topological polar surface area (TPSA) is 88.8 Å². The molecule has 2 fully saturated rings. The molecule has 152 valence electrons. The molecule has 0 bridgehead atoms. The van der Waals surface area contributed by atoms with Crippen LogP contribution in [0, 0.1) is 11.8 Å². The Morgan fingerprint density at radius 3 is 2.93 bits per heavy atom. The number of hydrogen-bond donors (Lipinski definition) is 1. The summed E-state index contributed by atoms with van der Waals surface area (Å²) in [4.78, 5) is 7.00. The van der Waals surface area contributed by atoms with Crippen LogP contribution in [0.25, 0.3) is 0 Å². The van der Waals surface area contributed by atoms with Gasteiger partial charge in [0, 0.05) is 38.4 Å². The lowest BCUT2D eigenvalue weighted by Gasteiger charge is -2.35. The number of rotatable bonds is 5. The zero-order chi connectivity index (χ0) is 19.4. The predicted molar refractivity (Wildman–Crippen MR) is 105 cm³/mol. The van der Waals surface area contributed by atoms with Crippen LogP contribution in [-0.4, -0.2) is 73.3 Å². The highest BCUT2D eigenvalue weighted by atomic mass is 32.2. The van der Waals surface area contributed by atoms with Crippen LogP contribution in [-0.2, 0) is 21.6 Å². The number of sulfone groups is 1. The Balaban J connectivity index is 1.65. The van der Waals surface area contributed by atoms with Gasteiger partial charge in [-0.05, 0) is 18.3 Å². The molecule has 2 aliphatic rings. The van der Waals surface area contributed by atoms with Crippen LogP contribution in [0.4, 0.5) is 0 Å². The van der Waals surface area contributed by atoms with E-state index < -0.39 is 9.84 Å². The molecule has 1 aromatic rings. The second kappa shape index (κ2) is 8.60. The van der Waals surface area contributed by atoms with E-state index in [1.807, 2.05) is 19.4 Å². The maximum atomic E-state index is 11.7. The SMILES string of the molecule is CC(C)CN=C(NCC1CCS(=O)(=O)C1)N1CCOC(c2cnn(C)c2)C1. The summed E-state index contributed by atoms with van der Waals surface area (Å²) in [6.45, 7) is 7.76. The van der Waals surface area contributed by atoms with Crippen molar-refractivity contribution in [3.63, 3.8) is 0 Å². The van der Waals surface area contributed by atoms with Crippen molar-refractivity contribution in [2.24, 2.45) is 23.9 Å². The lowest BCUT2D eigenvalue weighted by atomic mass is 10.1. The van der Waals surface area contributed by atoms with Gasteiger partial charge in [0.2, 0.25) is 0 Å². The average molecular weight is 398 g/mol. The number of aliphatic imine (C=N–C) groups is 1. The molecule has 0 saturated carbocycles. The molecule has 0 aromatic carbocycles. The number of morpholine rings is 1. The number of nitrogens with one attached hydrogen (secondary N) is 1. The van der Waals surface area contributed by atoms with Crippen LogP contribution in [0.5, 0.6) is 0 Å². The standard InChI is InChI=1S/C18H31N5O3S/c1-14(2)8-19-18(20-9-15-4-7-27(24,25)13-15)23-5-6-26-17(12-23)16-10-21-22(3)11-16/h10-11,14-15,17H,4-9,12-13H2,1-3H3,(H,19,20). The highest BCUT2D eigenvalue weighted by molar-refractivity contribution is 7.91. The van der Waals surface area contributed by atoms with E-state index in [9.17, 15) is 8.42 Å². The van der Waals surface area contributed by atoms with Crippen molar-refractivity contribution < 1.29 is 13.2 Å². The van der Waals surface area contributed by atoms with Crippen LogP contribution in [0.1, 0.15) is 31.9 Å². The summed E-state index contributed by atoms with van der Waals surface area (Å²) in [6.07, 6.45) is 4.52. The van der Waals surface area contributed by atoms with Gasteiger partial charge in [-0.2, -0.15) is 5.10 Å². The highest BCUT2D eigenvalue weighted by Crippen LogP contribution is 2.22. The van der Waals surface area contributed by atoms with Crippen LogP contribution >= 0.6 is 0 Å². The molecule has 0 radical (unpaired) electrons. The fraction of sp³-hybridized carbons (Fsp3) is 0.778. The van der Waals surface area contributed by atoms with Crippen molar-refractivity contribution in [2.75, 3.05) is 44.3 Å². The van der Waals surface area contributed by atoms with Gasteiger partial charge in [0.25, 0.3) is 0 Å². The summed E-state index contributed by atoms with van der Waals surface area (Å²) >= 11 is 0. The summed E-state index contributed by atoms with van der Waals surface area (Å²) in [5.41, 5.74) is 1.06. The number of guanidine groups is 1. The summed E-state index contributed by atoms with van der Waals surface area (Å²) < 4.78 is 31.1. The molecule has 27 heavy (non-hydrogen) atoms. The molecule has 1 aromatic heterocycles. The first-order valence-electron chi connectivity index (χ1n) is 9.66. The van der Waals surface area contributed by atoms with Crippen molar-refractivity contribution >= 4 is 15.8 Å². The second-order valence-corrected chi connectivity index (χ2v) is 10.2. The Morgan fingerprint density at radius 1 is 1.48 bits per heavy atom. The number of aromatic nitrogens is 2. The molecule has 1 N–H and O–H groups in total. The van der Waals surface area contributed by atoms with E-state index in [1.54, 1.807) is 4.68 Å². The number of nitrogens with zero attached hydrogens (tertiary/aromatic N) is 4. The first kappa shape index (κ1) is 20.1. The van der Waals surface area contributed by atoms with Gasteiger partial charge in [-0.25, -0.2) is 8.42 Å². The lowest BCUT2D eigenvalue weighted by Crippen LogP contribution is -2.49. The normalized spacial score (nSPS) is 25.9. The van der Waals surface area contributed by atoms with Crippen LogP contribution in [0.3, 0.4) is 0 Å². The van der Waals surface area contributed by atoms with Gasteiger partial charge < -0.3 is 15.0 Å². The van der Waals surface area contributed by atoms with Gasteiger partial charge >= 0.3 is 0 Å². The van der Waals surface area contributed by atoms with E-state index >= 15 is 0 Å². The van der Waals surface area contributed by atoms with E-state index in [4.69, 9.17) is 9.73 Å². The van der Waals surface area contributed by atoms with E-state index in [1.165, 1.54) is 0 Å². The van der Waals surface area contributed by atoms with Gasteiger partial charge in [-0.15, -0.1) is 0 Å². The third kappa shape index (κ3) is 5.68. The fourth-order valence-electron chi connectivity index (χ4n) is 3.46. The van der Waals surface area contributed by atoms with Crippen molar-refractivity contribution in [1.82, 2.24) is 20.0 Å². The molecule has 2 aliphatic heterocycles. The van der Waals surface area contributed by atoms with Gasteiger partial charge in [-0.1, -0.05) is 13.8 Å². The zero-order valence-corrected chi connectivity index (χ0v) is 17.3. The zero-order valence-electron chi connectivity index (χ0n) is 16.5. The molecule has 2 saturated heterocycles. The summed E-state index contributed by atoms with van der Waals surface area (Å²) in [5.74, 6) is 2.06. The molecular formula is C18H31N5O3S. The molecule has 0 spiro atoms. The van der Waals surface area contributed by atoms with Gasteiger partial charge in [0.1, 0.15) is 6.10 Å². The number of aryl methyl sites for hydroxylation is 1. The molecular weight excluding hydrogens is 366 g/mol. The van der Waals surface area contributed by atoms with Gasteiger partial charge in [0.05, 0.1) is 30.9 Å². The van der Waals surface area contributed by atoms with Crippen molar-refractivity contribution in [1.29, 1.82) is 0 Å². The molecule has 3 heterocycles. The average Bonchev–Trinajstić information content (AvgIpc) is 3.20. The van der Waals surface area contributed by atoms with Crippen molar-refractivity contribution in [2.45, 2.75) is 26.4 Å². The monoisotopic (exact) mass is 397 g/mol. The maximum absolute atomic E-state index is 11.7. The Bertz CT molecular complexity index is 759. The Morgan fingerprint density at radius 2 is 2.30 bits per heavy atom. The summed E-state index contributed by atoms with van der Waals surface area (Å²) in [7, 11) is -0.960. The maximum Gasteiger partial charge on any atom is 0.194 e. The fourth-order valence-corrected chi connectivity index (χ4v) is 5.32. The van der Waals surface area contributed by atoms with Crippen LogP contribution < -0.4 is 5.32 Å². The minimum Gasteiger partial charge on any atom is -0.370 e. The molecule has 3 rings (SSSR count). The van der Waals surface area contributed by atoms with Crippen LogP contribution in [0.15, 0.2) is 17.4 Å². The molecule has 2 atom stereocenters. The molecule has 9 heteroatoms. The number of hydrogen-bond acceptors (Lipinski definition) is 5. The first-order chi connectivity index (χ1) is 12.8. The Labute approximate surface area is 161 Å². The third-order valence-corrected chi connectivity index (χ3v) is 6.78. The molecule has 8 nitrogen and oxygen atoms in total. The van der Waals surface area contributed by atoms with E-state index in [-0.39, 0.29) is 17.8 Å². The molecule has 0 aliphatic carbocycles. The predicted octanol–water partition coefficient (Wildman–Crippen LogP) is 0.830. The van der Waals surface area contributed by atoms with Crippen molar-refractivity contribution in [3.8, 4) is 0 Å². The summed E-state index contributed by atoms with van der Waals surface area (Å²) in [6, 6.07) is 0. The lowest BCUT2D eigenvalue weighted by molar-refractivity contribution is -0.00813. The Kier molecular flexibility index (Phi) is 6.41. The second-order valence-electron chi connectivity index (χ2n) is 7.96. The largest absolute Gasteiger partial charge is 0.370 e. The summed E-state index contributed by atoms with van der Waals surface area (Å²) in [5, 5.41) is 7.68. The molecule has 0 amide bonds. The van der Waals surface area contributed by atoms with Crippen LogP contribution in [0.2, 0.25) is 0 Å². The first-order valence-corrected chi connectivity index (χ1v) is 11.5. The smallest absolute Gasteiger partial charge is 0.194 e. The van der Waals surface area contributed by atoms with E-state index in [0.29, 0.717) is 31.4 Å².